The van der Waals surface area contributed by atoms with Crippen LogP contribution in [0.3, 0.4) is 0 Å². The maximum atomic E-state index is 12.7. The van der Waals surface area contributed by atoms with Crippen LogP contribution in [0.2, 0.25) is 0 Å². The fourth-order valence-electron chi connectivity index (χ4n) is 2.99. The molecule has 1 heterocycles. The van der Waals surface area contributed by atoms with E-state index in [0.717, 1.165) is 12.8 Å². The molecule has 1 aromatic carbocycles. The summed E-state index contributed by atoms with van der Waals surface area (Å²) in [5.74, 6) is 0.237. The number of likely N-dealkylation sites (tertiary alicyclic amines) is 1. The molecule has 1 saturated heterocycles. The summed E-state index contributed by atoms with van der Waals surface area (Å²) in [4.78, 5) is 30.0. The normalized spacial score (nSPS) is 16.7. The number of nitrogens with one attached hydrogen (secondary N) is 1. The van der Waals surface area contributed by atoms with Gasteiger partial charge in [-0.15, -0.1) is 0 Å². The standard InChI is InChI=1S/C20H27N3O5/c1-20(2,3)28-19(25)23-9-7-8-14(12-23)22-18(24)13-10-15(26-5)17(21-4)16(11-13)27-6/h10-11,14H,7-9,12H2,1-3,5-6H3,(H,22,24). The number of hydrogen-bond donors (Lipinski definition) is 1. The summed E-state index contributed by atoms with van der Waals surface area (Å²) in [6.45, 7) is 13.7. The lowest BCUT2D eigenvalue weighted by Crippen LogP contribution is -2.50. The second kappa shape index (κ2) is 8.83. The van der Waals surface area contributed by atoms with Gasteiger partial charge < -0.3 is 24.4 Å². The third-order valence-corrected chi connectivity index (χ3v) is 4.26. The minimum atomic E-state index is -0.564. The molecule has 0 saturated carbocycles. The smallest absolute Gasteiger partial charge is 0.410 e. The fourth-order valence-corrected chi connectivity index (χ4v) is 2.99. The molecule has 1 aliphatic heterocycles. The van der Waals surface area contributed by atoms with Gasteiger partial charge in [-0.2, -0.15) is 0 Å². The summed E-state index contributed by atoms with van der Waals surface area (Å²) in [5.41, 5.74) is -0.0174. The van der Waals surface area contributed by atoms with Crippen molar-refractivity contribution in [3.8, 4) is 11.5 Å². The van der Waals surface area contributed by atoms with Crippen LogP contribution in [0.25, 0.3) is 4.85 Å². The van der Waals surface area contributed by atoms with Gasteiger partial charge in [-0.05, 0) is 45.7 Å². The van der Waals surface area contributed by atoms with Crippen molar-refractivity contribution in [1.29, 1.82) is 0 Å². The van der Waals surface area contributed by atoms with Gasteiger partial charge in [0, 0.05) is 24.7 Å². The van der Waals surface area contributed by atoms with Crippen molar-refractivity contribution in [3.05, 3.63) is 29.1 Å². The Labute approximate surface area is 165 Å². The first-order valence-electron chi connectivity index (χ1n) is 9.10. The van der Waals surface area contributed by atoms with E-state index in [0.29, 0.717) is 18.7 Å². The Morgan fingerprint density at radius 1 is 1.21 bits per heavy atom. The lowest BCUT2D eigenvalue weighted by Gasteiger charge is -2.34. The van der Waals surface area contributed by atoms with Crippen molar-refractivity contribution >= 4 is 17.7 Å². The summed E-state index contributed by atoms with van der Waals surface area (Å²) in [6.07, 6.45) is 1.16. The Bertz CT molecular complexity index is 754. The molecule has 8 heteroatoms. The molecular formula is C20H27N3O5. The Balaban J connectivity index is 2.10. The van der Waals surface area contributed by atoms with Crippen LogP contribution in [0, 0.1) is 6.57 Å². The average Bonchev–Trinajstić information content (AvgIpc) is 2.65. The monoisotopic (exact) mass is 389 g/mol. The molecule has 0 spiro atoms. The third-order valence-electron chi connectivity index (χ3n) is 4.26. The number of carbonyl (C=O) groups excluding carboxylic acids is 2. The zero-order chi connectivity index (χ0) is 20.9. The largest absolute Gasteiger partial charge is 0.508 e. The molecule has 2 rings (SSSR count). The van der Waals surface area contributed by atoms with Crippen LogP contribution < -0.4 is 14.8 Å². The highest BCUT2D eigenvalue weighted by Crippen LogP contribution is 2.38. The van der Waals surface area contributed by atoms with E-state index in [-0.39, 0.29) is 35.2 Å². The zero-order valence-corrected chi connectivity index (χ0v) is 17.0. The number of methoxy groups -OCH3 is 2. The maximum Gasteiger partial charge on any atom is 0.410 e. The van der Waals surface area contributed by atoms with Gasteiger partial charge in [-0.25, -0.2) is 9.64 Å². The maximum absolute atomic E-state index is 12.7. The molecule has 1 unspecified atom stereocenters. The van der Waals surface area contributed by atoms with Gasteiger partial charge in [-0.1, -0.05) is 0 Å². The minimum Gasteiger partial charge on any atom is -0.508 e. The van der Waals surface area contributed by atoms with Crippen molar-refractivity contribution in [2.24, 2.45) is 0 Å². The first-order chi connectivity index (χ1) is 13.2. The molecule has 1 atom stereocenters. The minimum absolute atomic E-state index is 0.189. The van der Waals surface area contributed by atoms with Gasteiger partial charge >= 0.3 is 6.09 Å². The first-order valence-corrected chi connectivity index (χ1v) is 9.10. The van der Waals surface area contributed by atoms with E-state index >= 15 is 0 Å². The summed E-state index contributed by atoms with van der Waals surface area (Å²) in [7, 11) is 2.87. The summed E-state index contributed by atoms with van der Waals surface area (Å²) >= 11 is 0. The summed E-state index contributed by atoms with van der Waals surface area (Å²) < 4.78 is 15.8. The fraction of sp³-hybridized carbons (Fsp3) is 0.550. The average molecular weight is 389 g/mol. The molecule has 0 bridgehead atoms. The van der Waals surface area contributed by atoms with Crippen LogP contribution in [-0.4, -0.2) is 55.9 Å². The van der Waals surface area contributed by atoms with Crippen LogP contribution in [0.4, 0.5) is 10.5 Å². The number of carbonyl (C=O) groups is 2. The highest BCUT2D eigenvalue weighted by molar-refractivity contribution is 5.96. The van der Waals surface area contributed by atoms with Gasteiger partial charge in [-0.3, -0.25) is 4.79 Å². The Morgan fingerprint density at radius 2 is 1.82 bits per heavy atom. The van der Waals surface area contributed by atoms with E-state index in [9.17, 15) is 9.59 Å². The Kier molecular flexibility index (Phi) is 6.73. The first kappa shape index (κ1) is 21.4. The number of amides is 2. The van der Waals surface area contributed by atoms with Crippen molar-refractivity contribution < 1.29 is 23.8 Å². The van der Waals surface area contributed by atoms with Gasteiger partial charge in [0.25, 0.3) is 11.6 Å². The topological polar surface area (TPSA) is 81.5 Å². The quantitative estimate of drug-likeness (QED) is 0.799. The van der Waals surface area contributed by atoms with Crippen molar-refractivity contribution in [2.45, 2.75) is 45.3 Å². The van der Waals surface area contributed by atoms with E-state index in [4.69, 9.17) is 20.8 Å². The van der Waals surface area contributed by atoms with E-state index in [1.165, 1.54) is 26.4 Å². The van der Waals surface area contributed by atoms with E-state index < -0.39 is 5.60 Å². The second-order valence-corrected chi connectivity index (χ2v) is 7.58. The number of ether oxygens (including phenoxy) is 3. The molecule has 1 fully saturated rings. The van der Waals surface area contributed by atoms with Crippen molar-refractivity contribution in [3.63, 3.8) is 0 Å². The van der Waals surface area contributed by atoms with Crippen LogP contribution in [0.5, 0.6) is 11.5 Å². The van der Waals surface area contributed by atoms with Gasteiger partial charge in [0.05, 0.1) is 20.8 Å². The number of benzene rings is 1. The SMILES string of the molecule is [C-]#[N+]c1c(OC)cc(C(=O)NC2CCCN(C(=O)OC(C)(C)C)C2)cc1OC. The Hall–Kier alpha value is -2.95. The van der Waals surface area contributed by atoms with Crippen molar-refractivity contribution in [2.75, 3.05) is 27.3 Å². The molecule has 152 valence electrons. The summed E-state index contributed by atoms with van der Waals surface area (Å²) in [5, 5.41) is 2.95. The van der Waals surface area contributed by atoms with Crippen molar-refractivity contribution in [1.82, 2.24) is 10.2 Å². The molecule has 1 N–H and O–H groups in total. The van der Waals surface area contributed by atoms with Crippen LogP contribution in [0.1, 0.15) is 44.0 Å². The molecule has 0 aromatic heterocycles. The molecule has 0 radical (unpaired) electrons. The van der Waals surface area contributed by atoms with E-state index in [2.05, 4.69) is 10.2 Å². The number of hydrogen-bond acceptors (Lipinski definition) is 5. The molecule has 0 aliphatic carbocycles. The third kappa shape index (κ3) is 5.28. The highest BCUT2D eigenvalue weighted by Gasteiger charge is 2.29. The lowest BCUT2D eigenvalue weighted by molar-refractivity contribution is 0.0185. The Morgan fingerprint density at radius 3 is 2.32 bits per heavy atom. The number of piperidine rings is 1. The van der Waals surface area contributed by atoms with Crippen LogP contribution in [0.15, 0.2) is 12.1 Å². The number of rotatable bonds is 4. The van der Waals surface area contributed by atoms with Gasteiger partial charge in [0.1, 0.15) is 17.1 Å². The van der Waals surface area contributed by atoms with Crippen LogP contribution >= 0.6 is 0 Å². The molecule has 8 nitrogen and oxygen atoms in total. The van der Waals surface area contributed by atoms with Gasteiger partial charge in [0.2, 0.25) is 0 Å². The van der Waals surface area contributed by atoms with Gasteiger partial charge in [0.15, 0.2) is 0 Å². The molecule has 2 amide bonds. The number of nitrogens with zero attached hydrogens (tertiary/aromatic N) is 2. The highest BCUT2D eigenvalue weighted by atomic mass is 16.6. The van der Waals surface area contributed by atoms with Crippen LogP contribution in [-0.2, 0) is 4.74 Å². The molecule has 1 aromatic rings. The second-order valence-electron chi connectivity index (χ2n) is 7.58. The van der Waals surface area contributed by atoms with E-state index in [1.807, 2.05) is 20.8 Å². The molecular weight excluding hydrogens is 362 g/mol. The zero-order valence-electron chi connectivity index (χ0n) is 17.0. The molecule has 28 heavy (non-hydrogen) atoms. The predicted molar refractivity (Wildman–Crippen MR) is 104 cm³/mol. The van der Waals surface area contributed by atoms with E-state index in [1.54, 1.807) is 4.90 Å². The lowest BCUT2D eigenvalue weighted by atomic mass is 10.0. The predicted octanol–water partition coefficient (Wildman–Crippen LogP) is 3.38. The molecule has 1 aliphatic rings. The summed E-state index contributed by atoms with van der Waals surface area (Å²) in [6, 6.07) is 2.84.